The van der Waals surface area contributed by atoms with Gasteiger partial charge in [0.2, 0.25) is 0 Å². The Hall–Kier alpha value is -1.64. The highest BCUT2D eigenvalue weighted by molar-refractivity contribution is 7.84. The third kappa shape index (κ3) is 1.73. The van der Waals surface area contributed by atoms with Crippen LogP contribution in [-0.2, 0) is 4.79 Å². The van der Waals surface area contributed by atoms with Crippen molar-refractivity contribution in [2.75, 3.05) is 13.2 Å². The van der Waals surface area contributed by atoms with Gasteiger partial charge in [-0.15, -0.1) is 5.53 Å². The maximum Gasteiger partial charge on any atom is 0.340 e. The van der Waals surface area contributed by atoms with E-state index >= 15 is 0 Å². The first kappa shape index (κ1) is 10.9. The van der Waals surface area contributed by atoms with Crippen LogP contribution in [0.5, 0.6) is 0 Å². The van der Waals surface area contributed by atoms with Gasteiger partial charge in [-0.3, -0.25) is 5.01 Å². The molecule has 0 aromatic carbocycles. The minimum Gasteiger partial charge on any atom is -0.478 e. The SMILES string of the molecule is O=C(O)C1=C([S])N2NN(CCO)C=C2N=C1. The number of carboxylic acids is 1. The minimum absolute atomic E-state index is 0.0312. The summed E-state index contributed by atoms with van der Waals surface area (Å²) in [5, 5.41) is 20.7. The number of hydrazine groups is 2. The van der Waals surface area contributed by atoms with E-state index in [4.69, 9.17) is 22.8 Å². The average molecular weight is 241 g/mol. The molecule has 0 saturated carbocycles. The van der Waals surface area contributed by atoms with Gasteiger partial charge in [0.25, 0.3) is 0 Å². The molecule has 0 spiro atoms. The van der Waals surface area contributed by atoms with Crippen LogP contribution in [-0.4, -0.2) is 45.6 Å². The Bertz CT molecular complexity index is 418. The van der Waals surface area contributed by atoms with Crippen LogP contribution in [0.2, 0.25) is 0 Å². The van der Waals surface area contributed by atoms with Crippen molar-refractivity contribution in [2.45, 2.75) is 0 Å². The molecule has 2 heterocycles. The van der Waals surface area contributed by atoms with Crippen molar-refractivity contribution in [1.82, 2.24) is 15.6 Å². The van der Waals surface area contributed by atoms with Gasteiger partial charge < -0.3 is 10.2 Å². The highest BCUT2D eigenvalue weighted by Crippen LogP contribution is 2.26. The fourth-order valence-electron chi connectivity index (χ4n) is 1.32. The quantitative estimate of drug-likeness (QED) is 0.611. The molecule has 2 aliphatic rings. The summed E-state index contributed by atoms with van der Waals surface area (Å²) >= 11 is 5.00. The molecule has 8 heteroatoms. The molecule has 16 heavy (non-hydrogen) atoms. The second kappa shape index (κ2) is 4.08. The molecular formula is C8H9N4O3S. The van der Waals surface area contributed by atoms with Crippen LogP contribution in [0.3, 0.4) is 0 Å². The van der Waals surface area contributed by atoms with Gasteiger partial charge in [0.05, 0.1) is 19.4 Å². The van der Waals surface area contributed by atoms with Gasteiger partial charge in [0.1, 0.15) is 10.6 Å². The number of aliphatic hydroxyl groups is 1. The van der Waals surface area contributed by atoms with E-state index in [0.717, 1.165) is 0 Å². The predicted octanol–water partition coefficient (Wildman–Crippen LogP) is -0.607. The van der Waals surface area contributed by atoms with Gasteiger partial charge in [0, 0.05) is 6.21 Å². The number of β-amino-alcohol motifs (C(OH)–C–C–N with tert-alkyl or cyclic N) is 1. The van der Waals surface area contributed by atoms with Gasteiger partial charge >= 0.3 is 5.97 Å². The molecule has 0 aliphatic carbocycles. The van der Waals surface area contributed by atoms with Crippen LogP contribution in [0.15, 0.2) is 27.6 Å². The molecule has 0 amide bonds. The van der Waals surface area contributed by atoms with Gasteiger partial charge in [-0.25, -0.2) is 14.8 Å². The van der Waals surface area contributed by atoms with Gasteiger partial charge in [0.15, 0.2) is 5.82 Å². The van der Waals surface area contributed by atoms with Crippen LogP contribution in [0, 0.1) is 0 Å². The lowest BCUT2D eigenvalue weighted by Gasteiger charge is -2.24. The number of hydrogen-bond donors (Lipinski definition) is 3. The van der Waals surface area contributed by atoms with Crippen molar-refractivity contribution >= 4 is 24.8 Å². The van der Waals surface area contributed by atoms with Crippen molar-refractivity contribution in [3.63, 3.8) is 0 Å². The molecule has 0 atom stereocenters. The zero-order valence-electron chi connectivity index (χ0n) is 8.12. The number of carboxylic acid groups (broad SMARTS) is 1. The first-order chi connectivity index (χ1) is 7.63. The highest BCUT2D eigenvalue weighted by atomic mass is 32.1. The molecule has 0 aromatic rings. The van der Waals surface area contributed by atoms with E-state index < -0.39 is 5.97 Å². The summed E-state index contributed by atoms with van der Waals surface area (Å²) in [7, 11) is 0. The second-order valence-electron chi connectivity index (χ2n) is 3.12. The Balaban J connectivity index is 2.24. The topological polar surface area (TPSA) is 88.4 Å². The Morgan fingerprint density at radius 1 is 1.62 bits per heavy atom. The lowest BCUT2D eigenvalue weighted by molar-refractivity contribution is -0.132. The summed E-state index contributed by atoms with van der Waals surface area (Å²) in [5.74, 6) is -0.612. The fourth-order valence-corrected chi connectivity index (χ4v) is 1.60. The molecular weight excluding hydrogens is 232 g/mol. The first-order valence-corrected chi connectivity index (χ1v) is 4.88. The fraction of sp³-hybridized carbons (Fsp3) is 0.250. The molecule has 0 aromatic heterocycles. The van der Waals surface area contributed by atoms with Gasteiger partial charge in [-0.05, 0) is 0 Å². The van der Waals surface area contributed by atoms with Gasteiger partial charge in [-0.1, -0.05) is 12.6 Å². The summed E-state index contributed by atoms with van der Waals surface area (Å²) in [6.45, 7) is 0.330. The monoisotopic (exact) mass is 241 g/mol. The van der Waals surface area contributed by atoms with Gasteiger partial charge in [-0.2, -0.15) is 0 Å². The summed E-state index contributed by atoms with van der Waals surface area (Å²) < 4.78 is 0. The summed E-state index contributed by atoms with van der Waals surface area (Å²) in [5.41, 5.74) is 2.77. The molecule has 0 unspecified atom stereocenters. The molecule has 0 fully saturated rings. The number of carbonyl (C=O) groups is 1. The largest absolute Gasteiger partial charge is 0.478 e. The van der Waals surface area contributed by atoms with Crippen molar-refractivity contribution in [1.29, 1.82) is 0 Å². The number of aliphatic carboxylic acids is 1. The third-order valence-electron chi connectivity index (χ3n) is 2.06. The van der Waals surface area contributed by atoms with Crippen LogP contribution in [0.25, 0.3) is 0 Å². The highest BCUT2D eigenvalue weighted by Gasteiger charge is 2.29. The Labute approximate surface area is 96.7 Å². The summed E-state index contributed by atoms with van der Waals surface area (Å²) in [4.78, 5) is 14.8. The lowest BCUT2D eigenvalue weighted by Crippen LogP contribution is -2.41. The third-order valence-corrected chi connectivity index (χ3v) is 2.46. The second-order valence-corrected chi connectivity index (χ2v) is 3.51. The van der Waals surface area contributed by atoms with E-state index in [1.807, 2.05) is 0 Å². The minimum atomic E-state index is -1.12. The normalized spacial score (nSPS) is 18.9. The van der Waals surface area contributed by atoms with Crippen LogP contribution < -0.4 is 5.53 Å². The first-order valence-electron chi connectivity index (χ1n) is 4.48. The molecule has 2 aliphatic heterocycles. The van der Waals surface area contributed by atoms with Crippen LogP contribution in [0.1, 0.15) is 0 Å². The molecule has 85 valence electrons. The number of nitrogens with one attached hydrogen (secondary N) is 1. The molecule has 1 radical (unpaired) electrons. The number of fused-ring (bicyclic) bond motifs is 1. The molecule has 3 N–H and O–H groups in total. The number of nitrogens with zero attached hydrogens (tertiary/aromatic N) is 3. The number of aliphatic hydroxyl groups excluding tert-OH is 1. The maximum atomic E-state index is 10.8. The van der Waals surface area contributed by atoms with E-state index in [1.165, 1.54) is 11.2 Å². The Morgan fingerprint density at radius 2 is 2.38 bits per heavy atom. The molecule has 2 rings (SSSR count). The van der Waals surface area contributed by atoms with Crippen molar-refractivity contribution in [2.24, 2.45) is 4.99 Å². The van der Waals surface area contributed by atoms with Crippen LogP contribution in [0.4, 0.5) is 0 Å². The Morgan fingerprint density at radius 3 is 3.00 bits per heavy atom. The summed E-state index contributed by atoms with van der Waals surface area (Å²) in [6, 6.07) is 0. The standard InChI is InChI=1S/C8H9N4O3S/c13-2-1-11-4-6-9-3-5(8(14)15)7(16)12(6)10-11/h3-4,10,13H,1-2H2,(H,14,15). The Kier molecular flexibility index (Phi) is 2.77. The molecule has 7 nitrogen and oxygen atoms in total. The zero-order valence-corrected chi connectivity index (χ0v) is 8.94. The number of aliphatic imine (C=N–C) groups is 1. The molecule has 0 bridgehead atoms. The van der Waals surface area contributed by atoms with Crippen molar-refractivity contribution < 1.29 is 15.0 Å². The maximum absolute atomic E-state index is 10.8. The smallest absolute Gasteiger partial charge is 0.340 e. The number of hydrogen-bond acceptors (Lipinski definition) is 6. The molecule has 0 saturated heterocycles. The van der Waals surface area contributed by atoms with E-state index in [0.29, 0.717) is 12.4 Å². The van der Waals surface area contributed by atoms with Crippen LogP contribution >= 0.6 is 12.6 Å². The average Bonchev–Trinajstić information content (AvgIpc) is 2.62. The lowest BCUT2D eigenvalue weighted by atomic mass is 10.3. The van der Waals surface area contributed by atoms with E-state index in [1.54, 1.807) is 11.2 Å². The van der Waals surface area contributed by atoms with Crippen molar-refractivity contribution in [3.05, 3.63) is 22.6 Å². The van der Waals surface area contributed by atoms with E-state index in [-0.39, 0.29) is 17.2 Å². The van der Waals surface area contributed by atoms with E-state index in [2.05, 4.69) is 10.5 Å². The van der Waals surface area contributed by atoms with E-state index in [9.17, 15) is 4.79 Å². The number of rotatable bonds is 3. The predicted molar refractivity (Wildman–Crippen MR) is 57.6 cm³/mol. The zero-order chi connectivity index (χ0) is 11.7. The summed E-state index contributed by atoms with van der Waals surface area (Å²) in [6.07, 6.45) is 2.86. The van der Waals surface area contributed by atoms with Crippen molar-refractivity contribution in [3.8, 4) is 0 Å².